The third kappa shape index (κ3) is 2.38. The predicted octanol–water partition coefficient (Wildman–Crippen LogP) is 3.16. The number of pyridine rings is 1. The number of hydrazine groups is 1. The van der Waals surface area contributed by atoms with Gasteiger partial charge in [0.2, 0.25) is 0 Å². The quantitative estimate of drug-likeness (QED) is 0.567. The van der Waals surface area contributed by atoms with E-state index in [1.807, 2.05) is 24.3 Å². The predicted molar refractivity (Wildman–Crippen MR) is 80.0 cm³/mol. The average molecular weight is 269 g/mol. The van der Waals surface area contributed by atoms with E-state index in [0.29, 0.717) is 0 Å². The molecule has 0 aliphatic carbocycles. The number of hydrogen-bond acceptors (Lipinski definition) is 4. The number of aryl methyl sites for hydroxylation is 1. The molecule has 0 bridgehead atoms. The molecule has 1 atom stereocenters. The lowest BCUT2D eigenvalue weighted by atomic mass is 10.1. The van der Waals surface area contributed by atoms with Crippen LogP contribution in [-0.4, -0.2) is 4.98 Å². The SMILES string of the molecule is Cc1cc(C(NN)c2ccc3ccccc3n2)cs1. The molecule has 1 aromatic carbocycles. The van der Waals surface area contributed by atoms with Crippen molar-refractivity contribution in [1.82, 2.24) is 10.4 Å². The molecule has 0 fully saturated rings. The van der Waals surface area contributed by atoms with Gasteiger partial charge in [0.05, 0.1) is 17.3 Å². The zero-order valence-corrected chi connectivity index (χ0v) is 11.4. The lowest BCUT2D eigenvalue weighted by molar-refractivity contribution is 0.624. The van der Waals surface area contributed by atoms with Crippen molar-refractivity contribution in [2.45, 2.75) is 13.0 Å². The monoisotopic (exact) mass is 269 g/mol. The first kappa shape index (κ1) is 12.3. The van der Waals surface area contributed by atoms with Gasteiger partial charge in [-0.15, -0.1) is 11.3 Å². The summed E-state index contributed by atoms with van der Waals surface area (Å²) in [5.41, 5.74) is 5.95. The van der Waals surface area contributed by atoms with Gasteiger partial charge in [-0.2, -0.15) is 0 Å². The fraction of sp³-hybridized carbons (Fsp3) is 0.133. The van der Waals surface area contributed by atoms with Crippen LogP contribution in [0.15, 0.2) is 47.8 Å². The summed E-state index contributed by atoms with van der Waals surface area (Å²) < 4.78 is 0. The molecule has 96 valence electrons. The largest absolute Gasteiger partial charge is 0.271 e. The number of nitrogens with one attached hydrogen (secondary N) is 1. The molecule has 3 N–H and O–H groups in total. The normalized spacial score (nSPS) is 12.7. The first-order valence-corrected chi connectivity index (χ1v) is 7.03. The molecule has 2 aromatic heterocycles. The number of hydrogen-bond donors (Lipinski definition) is 2. The summed E-state index contributed by atoms with van der Waals surface area (Å²) in [6.45, 7) is 2.09. The minimum Gasteiger partial charge on any atom is -0.271 e. The highest BCUT2D eigenvalue weighted by Crippen LogP contribution is 2.25. The molecule has 19 heavy (non-hydrogen) atoms. The summed E-state index contributed by atoms with van der Waals surface area (Å²) in [6, 6.07) is 14.3. The van der Waals surface area contributed by atoms with E-state index in [2.05, 4.69) is 35.9 Å². The van der Waals surface area contributed by atoms with Gasteiger partial charge in [-0.1, -0.05) is 24.3 Å². The summed E-state index contributed by atoms with van der Waals surface area (Å²) >= 11 is 1.72. The van der Waals surface area contributed by atoms with Crippen LogP contribution in [0.2, 0.25) is 0 Å². The molecule has 4 heteroatoms. The van der Waals surface area contributed by atoms with Crippen molar-refractivity contribution in [3.05, 3.63) is 64.0 Å². The van der Waals surface area contributed by atoms with Gasteiger partial charge < -0.3 is 0 Å². The fourth-order valence-electron chi connectivity index (χ4n) is 2.21. The Bertz CT molecular complexity index is 705. The summed E-state index contributed by atoms with van der Waals surface area (Å²) in [7, 11) is 0. The maximum Gasteiger partial charge on any atom is 0.0889 e. The average Bonchev–Trinajstić information content (AvgIpc) is 2.86. The lowest BCUT2D eigenvalue weighted by Gasteiger charge is -2.14. The number of nitrogens with zero attached hydrogens (tertiary/aromatic N) is 1. The summed E-state index contributed by atoms with van der Waals surface area (Å²) in [6.07, 6.45) is 0. The highest BCUT2D eigenvalue weighted by molar-refractivity contribution is 7.10. The Morgan fingerprint density at radius 2 is 2.05 bits per heavy atom. The lowest BCUT2D eigenvalue weighted by Crippen LogP contribution is -2.29. The molecule has 2 heterocycles. The molecule has 1 unspecified atom stereocenters. The molecular formula is C15H15N3S. The number of aromatic nitrogens is 1. The molecule has 0 radical (unpaired) electrons. The minimum absolute atomic E-state index is 0.0606. The highest BCUT2D eigenvalue weighted by Gasteiger charge is 2.15. The van der Waals surface area contributed by atoms with Gasteiger partial charge in [-0.05, 0) is 36.1 Å². The second kappa shape index (κ2) is 5.09. The maximum absolute atomic E-state index is 5.70. The molecule has 0 saturated heterocycles. The number of fused-ring (bicyclic) bond motifs is 1. The van der Waals surface area contributed by atoms with Crippen LogP contribution in [0.5, 0.6) is 0 Å². The molecule has 3 aromatic rings. The van der Waals surface area contributed by atoms with Crippen LogP contribution >= 0.6 is 11.3 Å². The second-order valence-corrected chi connectivity index (χ2v) is 5.63. The van der Waals surface area contributed by atoms with Crippen molar-refractivity contribution in [3.8, 4) is 0 Å². The van der Waals surface area contributed by atoms with Crippen LogP contribution < -0.4 is 11.3 Å². The second-order valence-electron chi connectivity index (χ2n) is 4.52. The van der Waals surface area contributed by atoms with E-state index >= 15 is 0 Å². The van der Waals surface area contributed by atoms with Crippen molar-refractivity contribution < 1.29 is 0 Å². The maximum atomic E-state index is 5.70. The topological polar surface area (TPSA) is 50.9 Å². The zero-order valence-electron chi connectivity index (χ0n) is 10.6. The van der Waals surface area contributed by atoms with E-state index < -0.39 is 0 Å². The van der Waals surface area contributed by atoms with Crippen molar-refractivity contribution in [2.75, 3.05) is 0 Å². The third-order valence-electron chi connectivity index (χ3n) is 3.17. The van der Waals surface area contributed by atoms with Gasteiger partial charge in [-0.3, -0.25) is 10.8 Å². The first-order valence-electron chi connectivity index (χ1n) is 6.15. The van der Waals surface area contributed by atoms with Crippen LogP contribution in [-0.2, 0) is 0 Å². The van der Waals surface area contributed by atoms with E-state index in [9.17, 15) is 0 Å². The molecule has 0 spiro atoms. The van der Waals surface area contributed by atoms with Gasteiger partial charge in [0.15, 0.2) is 0 Å². The molecule has 0 amide bonds. The highest BCUT2D eigenvalue weighted by atomic mass is 32.1. The van der Waals surface area contributed by atoms with E-state index in [4.69, 9.17) is 10.8 Å². The summed E-state index contributed by atoms with van der Waals surface area (Å²) in [4.78, 5) is 5.97. The van der Waals surface area contributed by atoms with Crippen molar-refractivity contribution in [3.63, 3.8) is 0 Å². The fourth-order valence-corrected chi connectivity index (χ4v) is 2.94. The van der Waals surface area contributed by atoms with Gasteiger partial charge >= 0.3 is 0 Å². The molecule has 3 nitrogen and oxygen atoms in total. The van der Waals surface area contributed by atoms with E-state index in [1.54, 1.807) is 11.3 Å². The van der Waals surface area contributed by atoms with Crippen LogP contribution in [0.3, 0.4) is 0 Å². The van der Waals surface area contributed by atoms with Gasteiger partial charge in [-0.25, -0.2) is 5.43 Å². The van der Waals surface area contributed by atoms with E-state index in [-0.39, 0.29) is 6.04 Å². The standard InChI is InChI=1S/C15H15N3S/c1-10-8-12(9-19-10)15(18-16)14-7-6-11-4-2-3-5-13(11)17-14/h2-9,15,18H,16H2,1H3. The van der Waals surface area contributed by atoms with Gasteiger partial charge in [0, 0.05) is 10.3 Å². The van der Waals surface area contributed by atoms with Gasteiger partial charge in [0.1, 0.15) is 0 Å². The Hall–Kier alpha value is -1.75. The zero-order chi connectivity index (χ0) is 13.2. The smallest absolute Gasteiger partial charge is 0.0889 e. The Morgan fingerprint density at radius 3 is 2.79 bits per heavy atom. The molecule has 0 saturated carbocycles. The molecule has 0 aliphatic rings. The van der Waals surface area contributed by atoms with Crippen LogP contribution in [0.4, 0.5) is 0 Å². The Kier molecular flexibility index (Phi) is 3.29. The third-order valence-corrected chi connectivity index (χ3v) is 4.05. The van der Waals surface area contributed by atoms with Crippen molar-refractivity contribution in [2.24, 2.45) is 5.84 Å². The molecule has 3 rings (SSSR count). The van der Waals surface area contributed by atoms with Crippen molar-refractivity contribution in [1.29, 1.82) is 0 Å². The van der Waals surface area contributed by atoms with E-state index in [0.717, 1.165) is 22.2 Å². The number of thiophene rings is 1. The summed E-state index contributed by atoms with van der Waals surface area (Å²) in [5.74, 6) is 5.70. The number of rotatable bonds is 3. The molecule has 0 aliphatic heterocycles. The van der Waals surface area contributed by atoms with Crippen LogP contribution in [0, 0.1) is 6.92 Å². The number of para-hydroxylation sites is 1. The number of benzene rings is 1. The van der Waals surface area contributed by atoms with Crippen LogP contribution in [0.25, 0.3) is 10.9 Å². The Balaban J connectivity index is 2.06. The van der Waals surface area contributed by atoms with Crippen LogP contribution in [0.1, 0.15) is 22.2 Å². The first-order chi connectivity index (χ1) is 9.28. The Labute approximate surface area is 116 Å². The van der Waals surface area contributed by atoms with Gasteiger partial charge in [0.25, 0.3) is 0 Å². The van der Waals surface area contributed by atoms with E-state index in [1.165, 1.54) is 4.88 Å². The Morgan fingerprint density at radius 1 is 1.21 bits per heavy atom. The van der Waals surface area contributed by atoms with Crippen molar-refractivity contribution >= 4 is 22.2 Å². The minimum atomic E-state index is -0.0606. The number of nitrogens with two attached hydrogens (primary N) is 1. The summed E-state index contributed by atoms with van der Waals surface area (Å²) in [5, 5.41) is 3.26. The molecular weight excluding hydrogens is 254 g/mol.